The lowest BCUT2D eigenvalue weighted by molar-refractivity contribution is -0.124. The molecule has 0 heterocycles. The Morgan fingerprint density at radius 1 is 0.462 bits per heavy atom. The zero-order valence-electron chi connectivity index (χ0n) is 26.4. The Morgan fingerprint density at radius 2 is 0.769 bits per heavy atom. The number of carbonyl (C=O) groups excluding carboxylic acids is 2. The molecule has 0 saturated carbocycles. The number of nitrogens with one attached hydrogen (secondary N) is 2. The minimum absolute atomic E-state index is 0.0585. The first-order valence-electron chi connectivity index (χ1n) is 17.0. The van der Waals surface area contributed by atoms with Crippen LogP contribution in [0.25, 0.3) is 0 Å². The van der Waals surface area contributed by atoms with Gasteiger partial charge in [-0.3, -0.25) is 9.59 Å². The van der Waals surface area contributed by atoms with E-state index in [-0.39, 0.29) is 18.0 Å². The smallest absolute Gasteiger partial charge is 0.221 e. The summed E-state index contributed by atoms with van der Waals surface area (Å²) in [7, 11) is 0. The summed E-state index contributed by atoms with van der Waals surface area (Å²) in [6.07, 6.45) is 37.9. The van der Waals surface area contributed by atoms with Crippen LogP contribution in [0.15, 0.2) is 24.3 Å². The van der Waals surface area contributed by atoms with Gasteiger partial charge in [0, 0.05) is 12.8 Å². The zero-order chi connectivity index (χ0) is 28.7. The highest BCUT2D eigenvalue weighted by Crippen LogP contribution is 2.11. The summed E-state index contributed by atoms with van der Waals surface area (Å²) in [5.74, 6) is 0.117. The van der Waals surface area contributed by atoms with Crippen molar-refractivity contribution in [2.45, 2.75) is 187 Å². The molecule has 0 aliphatic carbocycles. The second-order valence-electron chi connectivity index (χ2n) is 11.4. The number of rotatable bonds is 29. The monoisotopic (exact) mass is 547 g/mol. The van der Waals surface area contributed by atoms with Crippen molar-refractivity contribution in [3.05, 3.63) is 24.3 Å². The van der Waals surface area contributed by atoms with Crippen molar-refractivity contribution in [2.24, 2.45) is 0 Å². The molecule has 39 heavy (non-hydrogen) atoms. The number of unbranched alkanes of at least 4 members (excludes halogenated alkanes) is 18. The lowest BCUT2D eigenvalue weighted by atomic mass is 10.1. The molecule has 0 aliphatic rings. The maximum Gasteiger partial charge on any atom is 0.221 e. The van der Waals surface area contributed by atoms with Crippen LogP contribution in [0.2, 0.25) is 0 Å². The summed E-state index contributed by atoms with van der Waals surface area (Å²) in [5, 5.41) is 6.01. The molecular formula is C35H66N2O2. The Bertz CT molecular complexity index is 549. The topological polar surface area (TPSA) is 58.2 Å². The summed E-state index contributed by atoms with van der Waals surface area (Å²) in [5.41, 5.74) is 0. The Labute approximate surface area is 243 Å². The fraction of sp³-hybridized carbons (Fsp3) is 0.829. The van der Waals surface area contributed by atoms with Crippen LogP contribution in [0.5, 0.6) is 0 Å². The summed E-state index contributed by atoms with van der Waals surface area (Å²) < 4.78 is 0. The molecule has 0 aromatic rings. The Morgan fingerprint density at radius 3 is 1.10 bits per heavy atom. The third-order valence-corrected chi connectivity index (χ3v) is 7.41. The SMILES string of the molecule is CCCCCCC=CCCCCCCCC(=O)NC(CC)NC(=O)CCCCCCCC=CCCCCCC. The van der Waals surface area contributed by atoms with Crippen LogP contribution in [-0.4, -0.2) is 18.0 Å². The number of hydrogen-bond acceptors (Lipinski definition) is 2. The van der Waals surface area contributed by atoms with E-state index in [1.54, 1.807) is 0 Å². The van der Waals surface area contributed by atoms with E-state index < -0.39 is 0 Å². The molecule has 0 aromatic carbocycles. The van der Waals surface area contributed by atoms with E-state index in [0.717, 1.165) is 32.1 Å². The Kier molecular flexibility index (Phi) is 29.7. The molecule has 228 valence electrons. The first-order valence-corrected chi connectivity index (χ1v) is 17.0. The largest absolute Gasteiger partial charge is 0.336 e. The van der Waals surface area contributed by atoms with E-state index in [1.807, 2.05) is 6.92 Å². The van der Waals surface area contributed by atoms with Crippen LogP contribution in [0.1, 0.15) is 181 Å². The van der Waals surface area contributed by atoms with Gasteiger partial charge in [-0.05, 0) is 70.6 Å². The summed E-state index contributed by atoms with van der Waals surface area (Å²) in [6.45, 7) is 6.51. The molecule has 0 unspecified atom stereocenters. The van der Waals surface area contributed by atoms with Gasteiger partial charge >= 0.3 is 0 Å². The molecule has 4 heteroatoms. The quantitative estimate of drug-likeness (QED) is 0.0557. The molecule has 0 bridgehead atoms. The second kappa shape index (κ2) is 31.0. The molecule has 2 amide bonds. The molecule has 0 saturated heterocycles. The molecule has 0 atom stereocenters. The molecule has 0 spiro atoms. The van der Waals surface area contributed by atoms with Gasteiger partial charge in [-0.1, -0.05) is 122 Å². The van der Waals surface area contributed by atoms with E-state index in [4.69, 9.17) is 0 Å². The molecule has 4 nitrogen and oxygen atoms in total. The third-order valence-electron chi connectivity index (χ3n) is 7.41. The van der Waals surface area contributed by atoms with Crippen LogP contribution in [0.3, 0.4) is 0 Å². The van der Waals surface area contributed by atoms with Gasteiger partial charge < -0.3 is 10.6 Å². The summed E-state index contributed by atoms with van der Waals surface area (Å²) in [6, 6.07) is 0. The highest BCUT2D eigenvalue weighted by Gasteiger charge is 2.12. The third kappa shape index (κ3) is 29.2. The average molecular weight is 547 g/mol. The van der Waals surface area contributed by atoms with Gasteiger partial charge in [0.15, 0.2) is 0 Å². The first kappa shape index (κ1) is 37.4. The van der Waals surface area contributed by atoms with Crippen molar-refractivity contribution < 1.29 is 9.59 Å². The minimum Gasteiger partial charge on any atom is -0.336 e. The van der Waals surface area contributed by atoms with Crippen LogP contribution in [0.4, 0.5) is 0 Å². The molecule has 0 radical (unpaired) electrons. The summed E-state index contributed by atoms with van der Waals surface area (Å²) in [4.78, 5) is 24.6. The van der Waals surface area contributed by atoms with Crippen molar-refractivity contribution in [1.82, 2.24) is 10.6 Å². The Balaban J connectivity index is 3.63. The second-order valence-corrected chi connectivity index (χ2v) is 11.4. The van der Waals surface area contributed by atoms with E-state index in [0.29, 0.717) is 12.8 Å². The van der Waals surface area contributed by atoms with Gasteiger partial charge in [0.2, 0.25) is 11.8 Å². The normalized spacial score (nSPS) is 12.4. The molecule has 0 fully saturated rings. The van der Waals surface area contributed by atoms with Gasteiger partial charge in [0.05, 0.1) is 0 Å². The lowest BCUT2D eigenvalue weighted by Gasteiger charge is -2.18. The fourth-order valence-corrected chi connectivity index (χ4v) is 4.78. The average Bonchev–Trinajstić information content (AvgIpc) is 2.93. The van der Waals surface area contributed by atoms with Gasteiger partial charge in [-0.2, -0.15) is 0 Å². The molecule has 0 aromatic heterocycles. The van der Waals surface area contributed by atoms with Gasteiger partial charge in [0.1, 0.15) is 6.17 Å². The van der Waals surface area contributed by atoms with Crippen molar-refractivity contribution in [2.75, 3.05) is 0 Å². The van der Waals surface area contributed by atoms with Crippen molar-refractivity contribution >= 4 is 11.8 Å². The number of hydrogen-bond donors (Lipinski definition) is 2. The number of allylic oxidation sites excluding steroid dienone is 4. The van der Waals surface area contributed by atoms with Crippen LogP contribution in [0, 0.1) is 0 Å². The van der Waals surface area contributed by atoms with E-state index >= 15 is 0 Å². The maximum absolute atomic E-state index is 12.3. The van der Waals surface area contributed by atoms with Gasteiger partial charge in [-0.15, -0.1) is 0 Å². The predicted octanol–water partition coefficient (Wildman–Crippen LogP) is 10.5. The van der Waals surface area contributed by atoms with Crippen molar-refractivity contribution in [1.29, 1.82) is 0 Å². The van der Waals surface area contributed by atoms with E-state index in [2.05, 4.69) is 48.8 Å². The van der Waals surface area contributed by atoms with Gasteiger partial charge in [-0.25, -0.2) is 0 Å². The van der Waals surface area contributed by atoms with E-state index in [1.165, 1.54) is 116 Å². The minimum atomic E-state index is -0.243. The molecular weight excluding hydrogens is 480 g/mol. The first-order chi connectivity index (χ1) is 19.1. The predicted molar refractivity (Wildman–Crippen MR) is 171 cm³/mol. The van der Waals surface area contributed by atoms with Crippen molar-refractivity contribution in [3.63, 3.8) is 0 Å². The standard InChI is InChI=1S/C35H66N2O2/c1-4-7-9-11-13-15-17-19-21-23-25-27-29-31-34(38)36-33(6-3)37-35(39)32-30-28-26-24-22-20-18-16-14-12-10-8-5-2/h15-18,33H,4-14,19-32H2,1-3H3,(H,36,38)(H,37,39). The number of carbonyl (C=O) groups is 2. The maximum atomic E-state index is 12.3. The zero-order valence-corrected chi connectivity index (χ0v) is 26.4. The van der Waals surface area contributed by atoms with Crippen LogP contribution < -0.4 is 10.6 Å². The summed E-state index contributed by atoms with van der Waals surface area (Å²) >= 11 is 0. The van der Waals surface area contributed by atoms with Crippen LogP contribution in [-0.2, 0) is 9.59 Å². The highest BCUT2D eigenvalue weighted by molar-refractivity contribution is 5.79. The molecule has 2 N–H and O–H groups in total. The molecule has 0 aliphatic heterocycles. The Hall–Kier alpha value is -1.58. The highest BCUT2D eigenvalue weighted by atomic mass is 16.2. The number of amides is 2. The molecule has 0 rings (SSSR count). The van der Waals surface area contributed by atoms with Gasteiger partial charge in [0.25, 0.3) is 0 Å². The van der Waals surface area contributed by atoms with Crippen LogP contribution >= 0.6 is 0 Å². The van der Waals surface area contributed by atoms with E-state index in [9.17, 15) is 9.59 Å². The lowest BCUT2D eigenvalue weighted by Crippen LogP contribution is -2.47. The fourth-order valence-electron chi connectivity index (χ4n) is 4.78. The van der Waals surface area contributed by atoms with Crippen molar-refractivity contribution in [3.8, 4) is 0 Å².